The molecule has 0 saturated carbocycles. The first-order valence-corrected chi connectivity index (χ1v) is 14.5. The number of rotatable bonds is 3. The smallest absolute Gasteiger partial charge is 0.0714 e. The van der Waals surface area contributed by atoms with Gasteiger partial charge in [-0.3, -0.25) is 0 Å². The highest BCUT2D eigenvalue weighted by Gasteiger charge is 2.46. The van der Waals surface area contributed by atoms with Crippen LogP contribution in [0.4, 0.5) is 5.69 Å². The first-order chi connectivity index (χ1) is 19.2. The van der Waals surface area contributed by atoms with Crippen molar-refractivity contribution in [2.45, 2.75) is 56.8 Å². The zero-order valence-electron chi connectivity index (χ0n) is 24.0. The summed E-state index contributed by atoms with van der Waals surface area (Å²) in [6, 6.07) is 42.3. The molecule has 2 N–H and O–H groups in total. The van der Waals surface area contributed by atoms with E-state index in [1.54, 1.807) is 0 Å². The standard InChI is InChI=1S/C39H37N/c1-37(2)22-23-38(3,4)36-29(19-13-21-33(36)37)31-24-30-28-18-11-12-20-32(28)39(34(30)25-35(31)40,26-14-7-5-8-15-26)27-16-9-6-10-17-27/h5-21,24-25H,22-23,40H2,1-4H3. The minimum atomic E-state index is -0.432. The van der Waals surface area contributed by atoms with Crippen molar-refractivity contribution in [3.8, 4) is 22.3 Å². The summed E-state index contributed by atoms with van der Waals surface area (Å²) in [4.78, 5) is 0. The van der Waals surface area contributed by atoms with Gasteiger partial charge in [-0.2, -0.15) is 0 Å². The lowest BCUT2D eigenvalue weighted by molar-refractivity contribution is 0.333. The van der Waals surface area contributed by atoms with E-state index in [9.17, 15) is 0 Å². The molecule has 0 heterocycles. The molecule has 5 aromatic carbocycles. The molecule has 0 atom stereocenters. The number of anilines is 1. The number of fused-ring (bicyclic) bond motifs is 4. The minimum Gasteiger partial charge on any atom is -0.398 e. The van der Waals surface area contributed by atoms with E-state index in [0.29, 0.717) is 0 Å². The van der Waals surface area contributed by atoms with E-state index < -0.39 is 5.41 Å². The summed E-state index contributed by atoms with van der Waals surface area (Å²) in [6.45, 7) is 9.58. The number of nitrogen functional groups attached to an aromatic ring is 1. The summed E-state index contributed by atoms with van der Waals surface area (Å²) >= 11 is 0. The number of benzene rings is 5. The lowest BCUT2D eigenvalue weighted by atomic mass is 9.61. The summed E-state index contributed by atoms with van der Waals surface area (Å²) in [5.41, 5.74) is 20.8. The van der Waals surface area contributed by atoms with Crippen molar-refractivity contribution >= 4 is 5.69 Å². The minimum absolute atomic E-state index is 0.0860. The molecule has 0 unspecified atom stereocenters. The predicted molar refractivity (Wildman–Crippen MR) is 169 cm³/mol. The second kappa shape index (κ2) is 8.70. The molecule has 2 aliphatic rings. The average molecular weight is 520 g/mol. The van der Waals surface area contributed by atoms with Gasteiger partial charge in [0.15, 0.2) is 0 Å². The second-order valence-corrected chi connectivity index (χ2v) is 13.0. The van der Waals surface area contributed by atoms with Crippen LogP contribution in [-0.2, 0) is 16.2 Å². The van der Waals surface area contributed by atoms with Crippen LogP contribution >= 0.6 is 0 Å². The van der Waals surface area contributed by atoms with Gasteiger partial charge in [-0.1, -0.05) is 131 Å². The molecule has 0 amide bonds. The van der Waals surface area contributed by atoms with Crippen molar-refractivity contribution in [2.75, 3.05) is 5.73 Å². The van der Waals surface area contributed by atoms with Crippen LogP contribution in [0.25, 0.3) is 22.3 Å². The highest BCUT2D eigenvalue weighted by Crippen LogP contribution is 2.58. The van der Waals surface area contributed by atoms with Crippen molar-refractivity contribution in [2.24, 2.45) is 0 Å². The third kappa shape index (κ3) is 3.40. The van der Waals surface area contributed by atoms with Crippen molar-refractivity contribution in [3.05, 3.63) is 149 Å². The average Bonchev–Trinajstić information content (AvgIpc) is 3.26. The molecule has 0 bridgehead atoms. The van der Waals surface area contributed by atoms with Gasteiger partial charge in [0.05, 0.1) is 5.41 Å². The molecule has 0 saturated heterocycles. The summed E-state index contributed by atoms with van der Waals surface area (Å²) in [7, 11) is 0. The van der Waals surface area contributed by atoms with Crippen LogP contribution in [0.3, 0.4) is 0 Å². The maximum absolute atomic E-state index is 7.13. The maximum Gasteiger partial charge on any atom is 0.0714 e. The fourth-order valence-electron chi connectivity index (χ4n) is 7.69. The molecule has 1 nitrogen and oxygen atoms in total. The zero-order chi connectivity index (χ0) is 27.7. The van der Waals surface area contributed by atoms with Gasteiger partial charge in [0, 0.05) is 11.3 Å². The molecule has 40 heavy (non-hydrogen) atoms. The van der Waals surface area contributed by atoms with Crippen LogP contribution in [0, 0.1) is 0 Å². The van der Waals surface area contributed by atoms with Crippen LogP contribution in [-0.4, -0.2) is 0 Å². The fraction of sp³-hybridized carbons (Fsp3) is 0.231. The van der Waals surface area contributed by atoms with Crippen LogP contribution in [0.5, 0.6) is 0 Å². The van der Waals surface area contributed by atoms with Gasteiger partial charge < -0.3 is 5.73 Å². The Balaban J connectivity index is 1.56. The Hall–Kier alpha value is -4.10. The molecule has 5 aromatic rings. The van der Waals surface area contributed by atoms with E-state index in [1.807, 2.05) is 0 Å². The lowest BCUT2D eigenvalue weighted by Gasteiger charge is -2.43. The highest BCUT2D eigenvalue weighted by atomic mass is 14.6. The van der Waals surface area contributed by atoms with E-state index in [2.05, 4.69) is 143 Å². The van der Waals surface area contributed by atoms with Crippen LogP contribution in [0.15, 0.2) is 115 Å². The Bertz CT molecular complexity index is 1700. The Morgan fingerprint density at radius 2 is 1.02 bits per heavy atom. The SMILES string of the molecule is CC1(C)CCC(C)(C)c2c(-c3cc4c(cc3N)C(c3ccccc3)(c3ccccc3)c3ccccc3-4)cccc21. The monoisotopic (exact) mass is 519 g/mol. The van der Waals surface area contributed by atoms with Gasteiger partial charge in [0.2, 0.25) is 0 Å². The topological polar surface area (TPSA) is 26.0 Å². The van der Waals surface area contributed by atoms with E-state index in [1.165, 1.54) is 62.9 Å². The molecule has 2 aliphatic carbocycles. The van der Waals surface area contributed by atoms with Gasteiger partial charge in [0.25, 0.3) is 0 Å². The number of hydrogen-bond acceptors (Lipinski definition) is 1. The molecule has 0 radical (unpaired) electrons. The first-order valence-electron chi connectivity index (χ1n) is 14.5. The van der Waals surface area contributed by atoms with E-state index >= 15 is 0 Å². The van der Waals surface area contributed by atoms with Gasteiger partial charge >= 0.3 is 0 Å². The Morgan fingerprint density at radius 1 is 0.475 bits per heavy atom. The molecule has 7 rings (SSSR count). The van der Waals surface area contributed by atoms with Crippen molar-refractivity contribution in [1.29, 1.82) is 0 Å². The van der Waals surface area contributed by atoms with Gasteiger partial charge in [0.1, 0.15) is 0 Å². The number of hydrogen-bond donors (Lipinski definition) is 1. The summed E-state index contributed by atoms with van der Waals surface area (Å²) in [6.07, 6.45) is 2.36. The second-order valence-electron chi connectivity index (χ2n) is 13.0. The number of nitrogens with two attached hydrogens (primary N) is 1. The molecular formula is C39H37N. The molecule has 1 heteroatoms. The van der Waals surface area contributed by atoms with Gasteiger partial charge in [-0.25, -0.2) is 0 Å². The molecule has 0 aliphatic heterocycles. The largest absolute Gasteiger partial charge is 0.398 e. The van der Waals surface area contributed by atoms with E-state index in [0.717, 1.165) is 11.3 Å². The third-order valence-electron chi connectivity index (χ3n) is 9.76. The zero-order valence-corrected chi connectivity index (χ0v) is 24.0. The van der Waals surface area contributed by atoms with Gasteiger partial charge in [-0.15, -0.1) is 0 Å². The summed E-state index contributed by atoms with van der Waals surface area (Å²) in [5, 5.41) is 0. The van der Waals surface area contributed by atoms with Crippen LogP contribution < -0.4 is 5.73 Å². The molecule has 0 fully saturated rings. The molecule has 0 aromatic heterocycles. The van der Waals surface area contributed by atoms with E-state index in [-0.39, 0.29) is 10.8 Å². The Morgan fingerprint density at radius 3 is 1.70 bits per heavy atom. The third-order valence-corrected chi connectivity index (χ3v) is 9.76. The quantitative estimate of drug-likeness (QED) is 0.231. The van der Waals surface area contributed by atoms with Gasteiger partial charge in [-0.05, 0) is 85.9 Å². The normalized spacial score (nSPS) is 17.5. The first kappa shape index (κ1) is 24.9. The highest BCUT2D eigenvalue weighted by molar-refractivity contribution is 5.93. The van der Waals surface area contributed by atoms with Crippen molar-refractivity contribution in [1.82, 2.24) is 0 Å². The Kier molecular flexibility index (Phi) is 5.42. The Labute approximate surface area is 238 Å². The molecular weight excluding hydrogens is 482 g/mol. The molecule has 198 valence electrons. The molecule has 0 spiro atoms. The van der Waals surface area contributed by atoms with Crippen molar-refractivity contribution in [3.63, 3.8) is 0 Å². The van der Waals surface area contributed by atoms with Crippen LogP contribution in [0.1, 0.15) is 73.9 Å². The fourth-order valence-corrected chi connectivity index (χ4v) is 7.69. The maximum atomic E-state index is 7.13. The van der Waals surface area contributed by atoms with E-state index in [4.69, 9.17) is 5.73 Å². The van der Waals surface area contributed by atoms with Crippen LogP contribution in [0.2, 0.25) is 0 Å². The summed E-state index contributed by atoms with van der Waals surface area (Å²) < 4.78 is 0. The lowest BCUT2D eigenvalue weighted by Crippen LogP contribution is -2.34. The van der Waals surface area contributed by atoms with Crippen molar-refractivity contribution < 1.29 is 0 Å². The predicted octanol–water partition coefficient (Wildman–Crippen LogP) is 9.65. The summed E-state index contributed by atoms with van der Waals surface area (Å²) in [5.74, 6) is 0.